The lowest BCUT2D eigenvalue weighted by Gasteiger charge is -2.39. The zero-order chi connectivity index (χ0) is 14.6. The summed E-state index contributed by atoms with van der Waals surface area (Å²) in [4.78, 5) is 7.05. The molecule has 0 amide bonds. The van der Waals surface area contributed by atoms with E-state index in [2.05, 4.69) is 42.8 Å². The van der Waals surface area contributed by atoms with Crippen LogP contribution in [0.15, 0.2) is 18.3 Å². The summed E-state index contributed by atoms with van der Waals surface area (Å²) in [6, 6.07) is 4.60. The van der Waals surface area contributed by atoms with E-state index in [1.165, 1.54) is 24.8 Å². The first-order valence-electron chi connectivity index (χ1n) is 8.02. The smallest absolute Gasteiger partial charge is 0.128 e. The molecule has 0 aromatic carbocycles. The van der Waals surface area contributed by atoms with Crippen molar-refractivity contribution in [3.05, 3.63) is 23.9 Å². The second kappa shape index (κ2) is 6.57. The average Bonchev–Trinajstić information content (AvgIpc) is 2.49. The number of nitrogens with zero attached hydrogens (tertiary/aromatic N) is 2. The molecule has 1 aromatic rings. The van der Waals surface area contributed by atoms with Crippen molar-refractivity contribution in [1.82, 2.24) is 4.98 Å². The fraction of sp³-hybridized carbons (Fsp3) is 0.706. The van der Waals surface area contributed by atoms with E-state index in [9.17, 15) is 0 Å². The van der Waals surface area contributed by atoms with E-state index in [4.69, 9.17) is 5.73 Å². The minimum absolute atomic E-state index is 0.253. The van der Waals surface area contributed by atoms with Gasteiger partial charge in [-0.2, -0.15) is 0 Å². The van der Waals surface area contributed by atoms with Crippen LogP contribution in [0.25, 0.3) is 0 Å². The number of nitrogens with two attached hydrogens (primary N) is 1. The van der Waals surface area contributed by atoms with Gasteiger partial charge in [0.1, 0.15) is 5.82 Å². The molecule has 1 fully saturated rings. The van der Waals surface area contributed by atoms with Gasteiger partial charge in [0.25, 0.3) is 0 Å². The van der Waals surface area contributed by atoms with Crippen LogP contribution in [0.3, 0.4) is 0 Å². The lowest BCUT2D eigenvalue weighted by molar-refractivity contribution is 0.238. The Morgan fingerprint density at radius 3 is 2.50 bits per heavy atom. The molecule has 0 radical (unpaired) electrons. The third kappa shape index (κ3) is 3.72. The van der Waals surface area contributed by atoms with Gasteiger partial charge < -0.3 is 10.6 Å². The maximum absolute atomic E-state index is 5.99. The first-order valence-corrected chi connectivity index (χ1v) is 8.02. The van der Waals surface area contributed by atoms with Crippen LogP contribution in [0.1, 0.15) is 52.0 Å². The molecule has 3 nitrogen and oxygen atoms in total. The second-order valence-corrected chi connectivity index (χ2v) is 6.55. The molecule has 1 aromatic heterocycles. The standard InChI is InChI=1S/C17H29N3/c1-4-15(18)12-14-6-7-16(19-13-14)20-10-8-17(3,5-2)9-11-20/h6-7,13,15H,4-5,8-12,18H2,1-3H3. The molecule has 2 heterocycles. The van der Waals surface area contributed by atoms with E-state index in [0.717, 1.165) is 31.7 Å². The molecule has 2 rings (SSSR count). The number of piperidine rings is 1. The molecule has 0 aliphatic carbocycles. The molecule has 112 valence electrons. The number of hydrogen-bond donors (Lipinski definition) is 1. The minimum atomic E-state index is 0.253. The largest absolute Gasteiger partial charge is 0.357 e. The van der Waals surface area contributed by atoms with Crippen molar-refractivity contribution in [1.29, 1.82) is 0 Å². The van der Waals surface area contributed by atoms with Gasteiger partial charge in [0, 0.05) is 25.3 Å². The summed E-state index contributed by atoms with van der Waals surface area (Å²) in [5.41, 5.74) is 7.77. The van der Waals surface area contributed by atoms with Gasteiger partial charge in [-0.15, -0.1) is 0 Å². The molecule has 0 bridgehead atoms. The van der Waals surface area contributed by atoms with Gasteiger partial charge in [0.2, 0.25) is 0 Å². The Hall–Kier alpha value is -1.09. The van der Waals surface area contributed by atoms with Gasteiger partial charge in [-0.25, -0.2) is 4.98 Å². The van der Waals surface area contributed by atoms with Crippen molar-refractivity contribution in [2.45, 2.75) is 58.9 Å². The number of hydrogen-bond acceptors (Lipinski definition) is 3. The third-order valence-electron chi connectivity index (χ3n) is 4.98. The van der Waals surface area contributed by atoms with Crippen molar-refractivity contribution in [2.24, 2.45) is 11.1 Å². The zero-order valence-electron chi connectivity index (χ0n) is 13.2. The van der Waals surface area contributed by atoms with Crippen molar-refractivity contribution in [3.8, 4) is 0 Å². The lowest BCUT2D eigenvalue weighted by Crippen LogP contribution is -2.38. The molecule has 1 unspecified atom stereocenters. The Kier molecular flexibility index (Phi) is 5.03. The maximum atomic E-state index is 5.99. The predicted molar refractivity (Wildman–Crippen MR) is 86.1 cm³/mol. The van der Waals surface area contributed by atoms with Crippen molar-refractivity contribution < 1.29 is 0 Å². The number of aromatic nitrogens is 1. The molecule has 1 aliphatic heterocycles. The quantitative estimate of drug-likeness (QED) is 0.895. The Bertz CT molecular complexity index is 405. The highest BCUT2D eigenvalue weighted by Crippen LogP contribution is 2.35. The topological polar surface area (TPSA) is 42.1 Å². The summed E-state index contributed by atoms with van der Waals surface area (Å²) in [5.74, 6) is 1.12. The van der Waals surface area contributed by atoms with Gasteiger partial charge in [0.05, 0.1) is 0 Å². The summed E-state index contributed by atoms with van der Waals surface area (Å²) in [5, 5.41) is 0. The molecule has 3 heteroatoms. The number of anilines is 1. The molecule has 0 saturated carbocycles. The molecule has 1 atom stereocenters. The van der Waals surface area contributed by atoms with Crippen LogP contribution in [0.2, 0.25) is 0 Å². The predicted octanol–water partition coefficient (Wildman–Crippen LogP) is 3.38. The fourth-order valence-electron chi connectivity index (χ4n) is 2.80. The normalized spacial score (nSPS) is 19.9. The van der Waals surface area contributed by atoms with E-state index >= 15 is 0 Å². The number of rotatable bonds is 5. The lowest BCUT2D eigenvalue weighted by atomic mass is 9.78. The van der Waals surface area contributed by atoms with Crippen molar-refractivity contribution >= 4 is 5.82 Å². The summed E-state index contributed by atoms with van der Waals surface area (Å²) in [7, 11) is 0. The first-order chi connectivity index (χ1) is 9.56. The van der Waals surface area contributed by atoms with Gasteiger partial charge in [-0.05, 0) is 42.7 Å². The Morgan fingerprint density at radius 1 is 1.30 bits per heavy atom. The average molecular weight is 275 g/mol. The summed E-state index contributed by atoms with van der Waals surface area (Å²) in [6.07, 6.45) is 7.77. The number of pyridine rings is 1. The Labute approximate surface area is 123 Å². The van der Waals surface area contributed by atoms with Gasteiger partial charge in [0.15, 0.2) is 0 Å². The Morgan fingerprint density at radius 2 is 2.00 bits per heavy atom. The third-order valence-corrected chi connectivity index (χ3v) is 4.98. The fourth-order valence-corrected chi connectivity index (χ4v) is 2.80. The monoisotopic (exact) mass is 275 g/mol. The summed E-state index contributed by atoms with van der Waals surface area (Å²) < 4.78 is 0. The minimum Gasteiger partial charge on any atom is -0.357 e. The SMILES string of the molecule is CCC(N)Cc1ccc(N2CCC(C)(CC)CC2)nc1. The van der Waals surface area contributed by atoms with Crippen LogP contribution >= 0.6 is 0 Å². The summed E-state index contributed by atoms with van der Waals surface area (Å²) >= 11 is 0. The van der Waals surface area contributed by atoms with E-state index in [1.54, 1.807) is 0 Å². The highest BCUT2D eigenvalue weighted by Gasteiger charge is 2.28. The maximum Gasteiger partial charge on any atom is 0.128 e. The van der Waals surface area contributed by atoms with Crippen molar-refractivity contribution in [2.75, 3.05) is 18.0 Å². The van der Waals surface area contributed by atoms with E-state index in [1.807, 2.05) is 6.20 Å². The second-order valence-electron chi connectivity index (χ2n) is 6.55. The van der Waals surface area contributed by atoms with Crippen molar-refractivity contribution in [3.63, 3.8) is 0 Å². The van der Waals surface area contributed by atoms with Crippen LogP contribution in [0, 0.1) is 5.41 Å². The van der Waals surface area contributed by atoms with Crippen LogP contribution < -0.4 is 10.6 Å². The van der Waals surface area contributed by atoms with Gasteiger partial charge >= 0.3 is 0 Å². The van der Waals surface area contributed by atoms with E-state index < -0.39 is 0 Å². The molecule has 1 aliphatic rings. The Balaban J connectivity index is 1.94. The molecule has 1 saturated heterocycles. The molecule has 0 spiro atoms. The van der Waals surface area contributed by atoms with Crippen LogP contribution in [-0.4, -0.2) is 24.1 Å². The van der Waals surface area contributed by atoms with Gasteiger partial charge in [-0.3, -0.25) is 0 Å². The van der Waals surface area contributed by atoms with E-state index in [-0.39, 0.29) is 6.04 Å². The van der Waals surface area contributed by atoms with Gasteiger partial charge in [-0.1, -0.05) is 33.3 Å². The van der Waals surface area contributed by atoms with Crippen LogP contribution in [0.5, 0.6) is 0 Å². The van der Waals surface area contributed by atoms with Crippen LogP contribution in [-0.2, 0) is 6.42 Å². The summed E-state index contributed by atoms with van der Waals surface area (Å²) in [6.45, 7) is 9.11. The molecule has 20 heavy (non-hydrogen) atoms. The zero-order valence-corrected chi connectivity index (χ0v) is 13.2. The highest BCUT2D eigenvalue weighted by atomic mass is 15.2. The first kappa shape index (κ1) is 15.3. The van der Waals surface area contributed by atoms with E-state index in [0.29, 0.717) is 5.41 Å². The highest BCUT2D eigenvalue weighted by molar-refractivity contribution is 5.40. The molecular formula is C17H29N3. The molecular weight excluding hydrogens is 246 g/mol. The van der Waals surface area contributed by atoms with Crippen LogP contribution in [0.4, 0.5) is 5.82 Å². The molecule has 2 N–H and O–H groups in total.